The standard InChI is InChI=1S/C24H25N3O4S2/c28-23(19-8-10-20(11-9-19)26-24(29)22-5-4-16-32-22)25-17-18-6-12-21(13-7-18)33(30,31)27-14-2-1-3-15-27/h4-13,16H,1-3,14-15,17H2,(H,25,28)(H,26,29). The summed E-state index contributed by atoms with van der Waals surface area (Å²) in [6.07, 6.45) is 2.85. The van der Waals surface area contributed by atoms with Gasteiger partial charge in [-0.3, -0.25) is 9.59 Å². The number of anilines is 1. The third kappa shape index (κ3) is 5.68. The lowest BCUT2D eigenvalue weighted by molar-refractivity contribution is 0.0950. The summed E-state index contributed by atoms with van der Waals surface area (Å²) in [5, 5.41) is 7.47. The van der Waals surface area contributed by atoms with Gasteiger partial charge in [0.05, 0.1) is 9.77 Å². The van der Waals surface area contributed by atoms with Gasteiger partial charge in [-0.25, -0.2) is 8.42 Å². The van der Waals surface area contributed by atoms with Gasteiger partial charge < -0.3 is 10.6 Å². The van der Waals surface area contributed by atoms with Crippen LogP contribution in [0.4, 0.5) is 5.69 Å². The summed E-state index contributed by atoms with van der Waals surface area (Å²) in [5.41, 5.74) is 1.88. The first kappa shape index (κ1) is 23.2. The van der Waals surface area contributed by atoms with Crippen molar-refractivity contribution in [1.29, 1.82) is 0 Å². The Bertz CT molecular complexity index is 1200. The fourth-order valence-corrected chi connectivity index (χ4v) is 5.76. The van der Waals surface area contributed by atoms with Crippen LogP contribution in [0.5, 0.6) is 0 Å². The fourth-order valence-electron chi connectivity index (χ4n) is 3.62. The van der Waals surface area contributed by atoms with Crippen LogP contribution in [0.1, 0.15) is 44.9 Å². The monoisotopic (exact) mass is 483 g/mol. The molecule has 1 aliphatic rings. The lowest BCUT2D eigenvalue weighted by atomic mass is 10.1. The SMILES string of the molecule is O=C(NCc1ccc(S(=O)(=O)N2CCCCC2)cc1)c1ccc(NC(=O)c2cccs2)cc1. The number of sulfonamides is 1. The molecule has 0 atom stereocenters. The summed E-state index contributed by atoms with van der Waals surface area (Å²) in [6, 6.07) is 16.8. The molecule has 7 nitrogen and oxygen atoms in total. The first-order chi connectivity index (χ1) is 15.9. The molecule has 172 valence electrons. The number of amides is 2. The quantitative estimate of drug-likeness (QED) is 0.529. The van der Waals surface area contributed by atoms with E-state index < -0.39 is 10.0 Å². The number of nitrogens with zero attached hydrogens (tertiary/aromatic N) is 1. The predicted octanol–water partition coefficient (Wildman–Crippen LogP) is 4.11. The number of thiophene rings is 1. The molecule has 2 heterocycles. The third-order valence-electron chi connectivity index (χ3n) is 5.48. The van der Waals surface area contributed by atoms with Crippen LogP contribution in [0.3, 0.4) is 0 Å². The summed E-state index contributed by atoms with van der Waals surface area (Å²) >= 11 is 1.36. The number of carbonyl (C=O) groups excluding carboxylic acids is 2. The van der Waals surface area contributed by atoms with Gasteiger partial charge in [0.25, 0.3) is 11.8 Å². The molecule has 1 saturated heterocycles. The van der Waals surface area contributed by atoms with Crippen LogP contribution in [-0.4, -0.2) is 37.6 Å². The van der Waals surface area contributed by atoms with Crippen LogP contribution in [0, 0.1) is 0 Å². The van der Waals surface area contributed by atoms with Gasteiger partial charge in [-0.2, -0.15) is 4.31 Å². The smallest absolute Gasteiger partial charge is 0.265 e. The molecule has 9 heteroatoms. The van der Waals surface area contributed by atoms with E-state index in [4.69, 9.17) is 0 Å². The van der Waals surface area contributed by atoms with Crippen molar-refractivity contribution in [2.24, 2.45) is 0 Å². The average Bonchev–Trinajstić information content (AvgIpc) is 3.39. The Kier molecular flexibility index (Phi) is 7.22. The predicted molar refractivity (Wildman–Crippen MR) is 129 cm³/mol. The van der Waals surface area contributed by atoms with E-state index in [1.54, 1.807) is 58.9 Å². The van der Waals surface area contributed by atoms with E-state index in [0.29, 0.717) is 29.2 Å². The highest BCUT2D eigenvalue weighted by Crippen LogP contribution is 2.21. The Balaban J connectivity index is 1.31. The van der Waals surface area contributed by atoms with E-state index in [0.717, 1.165) is 24.8 Å². The first-order valence-electron chi connectivity index (χ1n) is 10.8. The van der Waals surface area contributed by atoms with Crippen LogP contribution in [0.15, 0.2) is 70.9 Å². The minimum Gasteiger partial charge on any atom is -0.348 e. The Morgan fingerprint density at radius 3 is 2.21 bits per heavy atom. The summed E-state index contributed by atoms with van der Waals surface area (Å²) in [7, 11) is -3.46. The normalized spacial score (nSPS) is 14.5. The van der Waals surface area contributed by atoms with E-state index in [9.17, 15) is 18.0 Å². The zero-order valence-corrected chi connectivity index (χ0v) is 19.6. The van der Waals surface area contributed by atoms with E-state index in [1.807, 2.05) is 11.4 Å². The van der Waals surface area contributed by atoms with E-state index >= 15 is 0 Å². The zero-order valence-electron chi connectivity index (χ0n) is 18.0. The highest BCUT2D eigenvalue weighted by Gasteiger charge is 2.25. The molecule has 0 aliphatic carbocycles. The first-order valence-corrected chi connectivity index (χ1v) is 13.1. The van der Waals surface area contributed by atoms with Crippen molar-refractivity contribution in [2.75, 3.05) is 18.4 Å². The van der Waals surface area contributed by atoms with Gasteiger partial charge in [0, 0.05) is 30.9 Å². The van der Waals surface area contributed by atoms with Gasteiger partial charge in [0.1, 0.15) is 0 Å². The molecule has 0 radical (unpaired) electrons. The number of hydrogen-bond acceptors (Lipinski definition) is 5. The van der Waals surface area contributed by atoms with E-state index in [2.05, 4.69) is 10.6 Å². The Labute approximate surface area is 197 Å². The molecular formula is C24H25N3O4S2. The van der Waals surface area contributed by atoms with Crippen LogP contribution < -0.4 is 10.6 Å². The minimum absolute atomic E-state index is 0.187. The molecule has 2 aromatic carbocycles. The molecule has 3 aromatic rings. The summed E-state index contributed by atoms with van der Waals surface area (Å²) < 4.78 is 27.0. The average molecular weight is 484 g/mol. The fraction of sp³-hybridized carbons (Fsp3) is 0.250. The second kappa shape index (κ2) is 10.3. The molecule has 33 heavy (non-hydrogen) atoms. The molecule has 2 amide bonds. The second-order valence-electron chi connectivity index (χ2n) is 7.80. The van der Waals surface area contributed by atoms with Gasteiger partial charge in [0.15, 0.2) is 0 Å². The molecule has 0 bridgehead atoms. The molecule has 1 fully saturated rings. The molecule has 0 spiro atoms. The number of benzene rings is 2. The summed E-state index contributed by atoms with van der Waals surface area (Å²) in [6.45, 7) is 1.41. The van der Waals surface area contributed by atoms with Crippen molar-refractivity contribution in [3.8, 4) is 0 Å². The maximum Gasteiger partial charge on any atom is 0.265 e. The van der Waals surface area contributed by atoms with Crippen molar-refractivity contribution in [1.82, 2.24) is 9.62 Å². The largest absolute Gasteiger partial charge is 0.348 e. The number of piperidine rings is 1. The van der Waals surface area contributed by atoms with Crippen molar-refractivity contribution in [3.63, 3.8) is 0 Å². The summed E-state index contributed by atoms with van der Waals surface area (Å²) in [5.74, 6) is -0.441. The maximum absolute atomic E-state index is 12.7. The molecule has 1 aliphatic heterocycles. The van der Waals surface area contributed by atoms with Crippen molar-refractivity contribution in [3.05, 3.63) is 82.0 Å². The van der Waals surface area contributed by atoms with Crippen molar-refractivity contribution >= 4 is 38.9 Å². The number of carbonyl (C=O) groups is 2. The number of hydrogen-bond donors (Lipinski definition) is 2. The second-order valence-corrected chi connectivity index (χ2v) is 10.7. The van der Waals surface area contributed by atoms with Gasteiger partial charge >= 0.3 is 0 Å². The van der Waals surface area contributed by atoms with Gasteiger partial charge in [-0.1, -0.05) is 24.6 Å². The molecule has 0 saturated carbocycles. The highest BCUT2D eigenvalue weighted by atomic mass is 32.2. The van der Waals surface area contributed by atoms with Crippen LogP contribution in [0.2, 0.25) is 0 Å². The van der Waals surface area contributed by atoms with Crippen LogP contribution in [0.25, 0.3) is 0 Å². The molecule has 0 unspecified atom stereocenters. The number of rotatable bonds is 7. The topological polar surface area (TPSA) is 95.6 Å². The van der Waals surface area contributed by atoms with Gasteiger partial charge in [-0.05, 0) is 66.2 Å². The minimum atomic E-state index is -3.46. The molecule has 4 rings (SSSR count). The molecule has 2 N–H and O–H groups in total. The van der Waals surface area contributed by atoms with E-state index in [1.165, 1.54) is 11.3 Å². The molecule has 1 aromatic heterocycles. The lowest BCUT2D eigenvalue weighted by Gasteiger charge is -2.25. The van der Waals surface area contributed by atoms with Gasteiger partial charge in [0.2, 0.25) is 10.0 Å². The van der Waals surface area contributed by atoms with Crippen molar-refractivity contribution < 1.29 is 18.0 Å². The van der Waals surface area contributed by atoms with Crippen LogP contribution >= 0.6 is 11.3 Å². The van der Waals surface area contributed by atoms with E-state index in [-0.39, 0.29) is 23.3 Å². The maximum atomic E-state index is 12.7. The zero-order chi connectivity index (χ0) is 23.3. The Morgan fingerprint density at radius 1 is 0.879 bits per heavy atom. The third-order valence-corrected chi connectivity index (χ3v) is 8.26. The van der Waals surface area contributed by atoms with Crippen LogP contribution in [-0.2, 0) is 16.6 Å². The molecular weight excluding hydrogens is 458 g/mol. The summed E-state index contributed by atoms with van der Waals surface area (Å²) in [4.78, 5) is 25.5. The van der Waals surface area contributed by atoms with Crippen molar-refractivity contribution in [2.45, 2.75) is 30.7 Å². The highest BCUT2D eigenvalue weighted by molar-refractivity contribution is 7.89. The number of nitrogens with one attached hydrogen (secondary N) is 2. The Hall–Kier alpha value is -3.01. The Morgan fingerprint density at radius 2 is 1.58 bits per heavy atom. The lowest BCUT2D eigenvalue weighted by Crippen LogP contribution is -2.35. The van der Waals surface area contributed by atoms with Gasteiger partial charge in [-0.15, -0.1) is 11.3 Å².